The minimum Gasteiger partial charge on any atom is -0.319 e. The molecule has 0 aromatic carbocycles. The van der Waals surface area contributed by atoms with Crippen molar-refractivity contribution in [2.24, 2.45) is 5.92 Å². The number of amides is 1. The SMILES string of the molecule is CNCC(C)C(=O)Nc1ccc(F)cn1.Cl.Cl. The monoisotopic (exact) mass is 283 g/mol. The molecule has 17 heavy (non-hydrogen) atoms. The van der Waals surface area contributed by atoms with Gasteiger partial charge in [0, 0.05) is 12.5 Å². The standard InChI is InChI=1S/C10H14FN3O.2ClH/c1-7(5-12-2)10(15)14-9-4-3-8(11)6-13-9;;/h3-4,6-7,12H,5H2,1-2H3,(H,13,14,15);2*1H. The van der Waals surface area contributed by atoms with Crippen molar-refractivity contribution < 1.29 is 9.18 Å². The number of aromatic nitrogens is 1. The molecule has 0 bridgehead atoms. The number of carbonyl (C=O) groups is 1. The predicted molar refractivity (Wildman–Crippen MR) is 70.4 cm³/mol. The Kier molecular flexibility index (Phi) is 9.94. The molecule has 1 amide bonds. The summed E-state index contributed by atoms with van der Waals surface area (Å²) in [6.07, 6.45) is 1.07. The highest BCUT2D eigenvalue weighted by Gasteiger charge is 2.11. The van der Waals surface area contributed by atoms with Crippen molar-refractivity contribution in [2.45, 2.75) is 6.92 Å². The van der Waals surface area contributed by atoms with E-state index in [0.29, 0.717) is 12.4 Å². The van der Waals surface area contributed by atoms with Crippen LogP contribution in [0, 0.1) is 11.7 Å². The lowest BCUT2D eigenvalue weighted by Crippen LogP contribution is -2.28. The van der Waals surface area contributed by atoms with Gasteiger partial charge in [0.1, 0.15) is 11.6 Å². The molecule has 1 aromatic rings. The maximum absolute atomic E-state index is 12.5. The van der Waals surface area contributed by atoms with Crippen LogP contribution >= 0.6 is 24.8 Å². The largest absolute Gasteiger partial charge is 0.319 e. The minimum absolute atomic E-state index is 0. The topological polar surface area (TPSA) is 54.0 Å². The van der Waals surface area contributed by atoms with E-state index < -0.39 is 5.82 Å². The van der Waals surface area contributed by atoms with Gasteiger partial charge in [-0.25, -0.2) is 9.37 Å². The zero-order valence-electron chi connectivity index (χ0n) is 9.57. The van der Waals surface area contributed by atoms with E-state index in [-0.39, 0.29) is 36.6 Å². The third-order valence-electron chi connectivity index (χ3n) is 1.94. The van der Waals surface area contributed by atoms with Crippen molar-refractivity contribution in [3.63, 3.8) is 0 Å². The molecule has 2 N–H and O–H groups in total. The number of nitrogens with one attached hydrogen (secondary N) is 2. The van der Waals surface area contributed by atoms with Crippen LogP contribution in [0.4, 0.5) is 10.2 Å². The average Bonchev–Trinajstić information content (AvgIpc) is 2.22. The summed E-state index contributed by atoms with van der Waals surface area (Å²) < 4.78 is 12.5. The van der Waals surface area contributed by atoms with E-state index in [1.807, 2.05) is 0 Å². The molecule has 0 radical (unpaired) electrons. The van der Waals surface area contributed by atoms with Crippen molar-refractivity contribution in [2.75, 3.05) is 18.9 Å². The van der Waals surface area contributed by atoms with Gasteiger partial charge in [-0.2, -0.15) is 0 Å². The second-order valence-corrected chi connectivity index (χ2v) is 3.31. The van der Waals surface area contributed by atoms with Crippen LogP contribution in [0.25, 0.3) is 0 Å². The normalized spacial score (nSPS) is 10.8. The molecule has 0 spiro atoms. The van der Waals surface area contributed by atoms with E-state index in [2.05, 4.69) is 15.6 Å². The van der Waals surface area contributed by atoms with E-state index in [0.717, 1.165) is 6.20 Å². The lowest BCUT2D eigenvalue weighted by molar-refractivity contribution is -0.119. The first-order chi connectivity index (χ1) is 7.13. The van der Waals surface area contributed by atoms with Crippen LogP contribution in [0.5, 0.6) is 0 Å². The number of nitrogens with zero attached hydrogens (tertiary/aromatic N) is 1. The van der Waals surface area contributed by atoms with Gasteiger partial charge in [-0.05, 0) is 19.2 Å². The summed E-state index contributed by atoms with van der Waals surface area (Å²) in [7, 11) is 1.78. The second kappa shape index (κ2) is 9.15. The number of halogens is 3. The van der Waals surface area contributed by atoms with Crippen LogP contribution in [0.3, 0.4) is 0 Å². The van der Waals surface area contributed by atoms with Crippen LogP contribution in [0.2, 0.25) is 0 Å². The number of rotatable bonds is 4. The fourth-order valence-corrected chi connectivity index (χ4v) is 1.10. The van der Waals surface area contributed by atoms with Gasteiger partial charge in [-0.1, -0.05) is 6.92 Å². The molecule has 4 nitrogen and oxygen atoms in total. The summed E-state index contributed by atoms with van der Waals surface area (Å²) in [5, 5.41) is 5.50. The van der Waals surface area contributed by atoms with Crippen molar-refractivity contribution in [1.82, 2.24) is 10.3 Å². The quantitative estimate of drug-likeness (QED) is 0.887. The molecule has 0 saturated carbocycles. The van der Waals surface area contributed by atoms with Gasteiger partial charge in [0.15, 0.2) is 0 Å². The summed E-state index contributed by atoms with van der Waals surface area (Å²) in [5.41, 5.74) is 0. The number of hydrogen-bond acceptors (Lipinski definition) is 3. The molecule has 0 aliphatic carbocycles. The Labute approximate surface area is 112 Å². The summed E-state index contributed by atoms with van der Waals surface area (Å²) >= 11 is 0. The molecule has 0 aliphatic rings. The molecule has 7 heteroatoms. The van der Waals surface area contributed by atoms with E-state index >= 15 is 0 Å². The number of pyridine rings is 1. The third-order valence-corrected chi connectivity index (χ3v) is 1.94. The van der Waals surface area contributed by atoms with Crippen LogP contribution in [0.1, 0.15) is 6.92 Å². The van der Waals surface area contributed by atoms with Crippen molar-refractivity contribution in [3.8, 4) is 0 Å². The summed E-state index contributed by atoms with van der Waals surface area (Å²) in [6.45, 7) is 2.39. The Morgan fingerprint density at radius 3 is 2.59 bits per heavy atom. The first kappa shape index (κ1) is 18.5. The highest BCUT2D eigenvalue weighted by molar-refractivity contribution is 5.91. The first-order valence-electron chi connectivity index (χ1n) is 4.70. The Morgan fingerprint density at radius 1 is 1.47 bits per heavy atom. The maximum Gasteiger partial charge on any atom is 0.229 e. The lowest BCUT2D eigenvalue weighted by Gasteiger charge is -2.10. The molecule has 0 aliphatic heterocycles. The highest BCUT2D eigenvalue weighted by atomic mass is 35.5. The minimum atomic E-state index is -0.420. The van der Waals surface area contributed by atoms with Gasteiger partial charge < -0.3 is 10.6 Å². The van der Waals surface area contributed by atoms with Gasteiger partial charge in [-0.3, -0.25) is 4.79 Å². The third kappa shape index (κ3) is 6.41. The smallest absolute Gasteiger partial charge is 0.229 e. The van der Waals surface area contributed by atoms with Gasteiger partial charge in [-0.15, -0.1) is 24.8 Å². The molecular formula is C10H16Cl2FN3O. The lowest BCUT2D eigenvalue weighted by atomic mass is 10.1. The Bertz CT molecular complexity index is 335. The fourth-order valence-electron chi connectivity index (χ4n) is 1.10. The van der Waals surface area contributed by atoms with Crippen LogP contribution < -0.4 is 10.6 Å². The molecule has 0 fully saturated rings. The van der Waals surface area contributed by atoms with Gasteiger partial charge in [0.25, 0.3) is 0 Å². The molecule has 1 rings (SSSR count). The molecular weight excluding hydrogens is 268 g/mol. The van der Waals surface area contributed by atoms with Gasteiger partial charge >= 0.3 is 0 Å². The Hall–Kier alpha value is -0.910. The van der Waals surface area contributed by atoms with Crippen molar-refractivity contribution in [1.29, 1.82) is 0 Å². The van der Waals surface area contributed by atoms with Crippen LogP contribution in [0.15, 0.2) is 18.3 Å². The van der Waals surface area contributed by atoms with Crippen LogP contribution in [-0.2, 0) is 4.79 Å². The van der Waals surface area contributed by atoms with Gasteiger partial charge in [0.05, 0.1) is 6.20 Å². The summed E-state index contributed by atoms with van der Waals surface area (Å²) in [5.74, 6) is -0.342. The number of carbonyl (C=O) groups excluding carboxylic acids is 1. The summed E-state index contributed by atoms with van der Waals surface area (Å²) in [4.78, 5) is 15.2. The summed E-state index contributed by atoms with van der Waals surface area (Å²) in [6, 6.07) is 2.69. The predicted octanol–water partition coefficient (Wildman–Crippen LogP) is 1.86. The van der Waals surface area contributed by atoms with Crippen LogP contribution in [-0.4, -0.2) is 24.5 Å². The molecule has 98 valence electrons. The Balaban J connectivity index is 0. The van der Waals surface area contributed by atoms with E-state index in [1.54, 1.807) is 14.0 Å². The molecule has 1 unspecified atom stereocenters. The van der Waals surface area contributed by atoms with Gasteiger partial charge in [0.2, 0.25) is 5.91 Å². The molecule has 1 atom stereocenters. The fraction of sp³-hybridized carbons (Fsp3) is 0.400. The number of anilines is 1. The maximum atomic E-state index is 12.5. The zero-order valence-corrected chi connectivity index (χ0v) is 11.2. The molecule has 0 saturated heterocycles. The first-order valence-corrected chi connectivity index (χ1v) is 4.70. The van der Waals surface area contributed by atoms with Crippen molar-refractivity contribution in [3.05, 3.63) is 24.1 Å². The van der Waals surface area contributed by atoms with Crippen molar-refractivity contribution >= 4 is 36.5 Å². The van der Waals surface area contributed by atoms with E-state index in [1.165, 1.54) is 12.1 Å². The highest BCUT2D eigenvalue weighted by Crippen LogP contribution is 2.05. The number of hydrogen-bond donors (Lipinski definition) is 2. The van der Waals surface area contributed by atoms with E-state index in [4.69, 9.17) is 0 Å². The molecule has 1 aromatic heterocycles. The van der Waals surface area contributed by atoms with E-state index in [9.17, 15) is 9.18 Å². The molecule has 1 heterocycles. The Morgan fingerprint density at radius 2 is 2.12 bits per heavy atom. The zero-order chi connectivity index (χ0) is 11.3. The average molecular weight is 284 g/mol. The second-order valence-electron chi connectivity index (χ2n) is 3.31.